The van der Waals surface area contributed by atoms with Gasteiger partial charge in [-0.1, -0.05) is 110 Å². The number of rotatable bonds is 7. The SMILES string of the molecule is C=CC=N/C(=C\C)c1cc(-c2ccccc2)cc(-c2nc(-c3ccccc3)nc(-c3ccccc3)n2)c1. The van der Waals surface area contributed by atoms with Crippen LogP contribution in [0.1, 0.15) is 12.5 Å². The Morgan fingerprint density at radius 3 is 1.54 bits per heavy atom. The summed E-state index contributed by atoms with van der Waals surface area (Å²) in [5, 5.41) is 0. The van der Waals surface area contributed by atoms with E-state index in [4.69, 9.17) is 15.0 Å². The van der Waals surface area contributed by atoms with E-state index in [9.17, 15) is 0 Å². The van der Waals surface area contributed by atoms with Crippen molar-refractivity contribution in [2.45, 2.75) is 6.92 Å². The molecule has 178 valence electrons. The lowest BCUT2D eigenvalue weighted by Crippen LogP contribution is -2.00. The lowest BCUT2D eigenvalue weighted by Gasteiger charge is -2.12. The molecular formula is C33H26N4. The first kappa shape index (κ1) is 23.8. The smallest absolute Gasteiger partial charge is 0.164 e. The fourth-order valence-electron chi connectivity index (χ4n) is 4.09. The Hall–Kier alpha value is -4.96. The molecule has 0 radical (unpaired) electrons. The number of nitrogens with zero attached hydrogens (tertiary/aromatic N) is 4. The Morgan fingerprint density at radius 2 is 1.05 bits per heavy atom. The number of allylic oxidation sites excluding steroid dienone is 2. The van der Waals surface area contributed by atoms with Gasteiger partial charge in [0.15, 0.2) is 17.5 Å². The van der Waals surface area contributed by atoms with Gasteiger partial charge < -0.3 is 0 Å². The summed E-state index contributed by atoms with van der Waals surface area (Å²) < 4.78 is 0. The van der Waals surface area contributed by atoms with Crippen molar-refractivity contribution in [2.75, 3.05) is 0 Å². The van der Waals surface area contributed by atoms with Gasteiger partial charge in [0, 0.05) is 28.5 Å². The number of hydrogen-bond donors (Lipinski definition) is 0. The Bertz CT molecular complexity index is 1510. The Labute approximate surface area is 217 Å². The van der Waals surface area contributed by atoms with Gasteiger partial charge in [0.2, 0.25) is 0 Å². The van der Waals surface area contributed by atoms with E-state index in [0.29, 0.717) is 17.5 Å². The molecule has 0 saturated carbocycles. The second kappa shape index (κ2) is 11.2. The van der Waals surface area contributed by atoms with Gasteiger partial charge in [-0.15, -0.1) is 0 Å². The van der Waals surface area contributed by atoms with Crippen molar-refractivity contribution in [1.82, 2.24) is 15.0 Å². The van der Waals surface area contributed by atoms with Gasteiger partial charge in [-0.05, 0) is 36.2 Å². The second-order valence-electron chi connectivity index (χ2n) is 8.39. The molecule has 0 atom stereocenters. The van der Waals surface area contributed by atoms with Gasteiger partial charge in [-0.25, -0.2) is 15.0 Å². The highest BCUT2D eigenvalue weighted by Gasteiger charge is 2.15. The van der Waals surface area contributed by atoms with Crippen molar-refractivity contribution < 1.29 is 0 Å². The van der Waals surface area contributed by atoms with E-state index in [-0.39, 0.29) is 0 Å². The highest BCUT2D eigenvalue weighted by Crippen LogP contribution is 2.32. The van der Waals surface area contributed by atoms with Crippen molar-refractivity contribution in [1.29, 1.82) is 0 Å². The van der Waals surface area contributed by atoms with Crippen molar-refractivity contribution in [3.8, 4) is 45.3 Å². The van der Waals surface area contributed by atoms with E-state index in [1.807, 2.05) is 91.9 Å². The monoisotopic (exact) mass is 478 g/mol. The molecule has 0 aliphatic heterocycles. The first-order chi connectivity index (χ1) is 18.2. The zero-order valence-corrected chi connectivity index (χ0v) is 20.6. The maximum atomic E-state index is 4.93. The first-order valence-electron chi connectivity index (χ1n) is 12.1. The molecule has 5 aromatic rings. The summed E-state index contributed by atoms with van der Waals surface area (Å²) in [6.45, 7) is 5.75. The Balaban J connectivity index is 1.74. The van der Waals surface area contributed by atoms with Crippen molar-refractivity contribution in [3.05, 3.63) is 133 Å². The molecule has 5 rings (SSSR count). The van der Waals surface area contributed by atoms with Crippen LogP contribution in [-0.4, -0.2) is 21.2 Å². The largest absolute Gasteiger partial charge is 0.257 e. The molecule has 4 nitrogen and oxygen atoms in total. The Morgan fingerprint density at radius 1 is 0.595 bits per heavy atom. The van der Waals surface area contributed by atoms with Gasteiger partial charge in [-0.2, -0.15) is 0 Å². The van der Waals surface area contributed by atoms with Gasteiger partial charge in [-0.3, -0.25) is 4.99 Å². The topological polar surface area (TPSA) is 51.0 Å². The predicted octanol–water partition coefficient (Wildman–Crippen LogP) is 8.16. The minimum absolute atomic E-state index is 0.606. The molecule has 0 N–H and O–H groups in total. The number of aromatic nitrogens is 3. The third-order valence-electron chi connectivity index (χ3n) is 5.89. The van der Waals surface area contributed by atoms with Gasteiger partial charge in [0.25, 0.3) is 0 Å². The standard InChI is InChI=1S/C33H26N4/c1-3-20-34-30(4-2)28-21-27(24-14-8-5-9-15-24)22-29(23-28)33-36-31(25-16-10-6-11-17-25)35-32(37-33)26-18-12-7-13-19-26/h3-23H,1H2,2H3/b30-4-,34-20?. The summed E-state index contributed by atoms with van der Waals surface area (Å²) in [4.78, 5) is 19.3. The Kier molecular flexibility index (Phi) is 7.19. The number of benzene rings is 4. The van der Waals surface area contributed by atoms with Crippen molar-refractivity contribution >= 4 is 11.9 Å². The van der Waals surface area contributed by atoms with Crippen LogP contribution < -0.4 is 0 Å². The summed E-state index contributed by atoms with van der Waals surface area (Å²) in [5.41, 5.74) is 6.75. The van der Waals surface area contributed by atoms with E-state index in [2.05, 4.69) is 41.9 Å². The summed E-state index contributed by atoms with van der Waals surface area (Å²) >= 11 is 0. The highest BCUT2D eigenvalue weighted by atomic mass is 15.0. The first-order valence-corrected chi connectivity index (χ1v) is 12.1. The quantitative estimate of drug-likeness (QED) is 0.222. The molecule has 0 unspecified atom stereocenters. The lowest BCUT2D eigenvalue weighted by molar-refractivity contribution is 1.07. The van der Waals surface area contributed by atoms with Crippen LogP contribution in [0.5, 0.6) is 0 Å². The normalized spacial score (nSPS) is 11.5. The van der Waals surface area contributed by atoms with Crippen LogP contribution in [0, 0.1) is 0 Å². The van der Waals surface area contributed by atoms with E-state index < -0.39 is 0 Å². The molecule has 37 heavy (non-hydrogen) atoms. The highest BCUT2D eigenvalue weighted by molar-refractivity contribution is 5.83. The molecule has 4 heteroatoms. The molecule has 0 saturated heterocycles. The minimum atomic E-state index is 0.606. The van der Waals surface area contributed by atoms with Crippen LogP contribution in [0.25, 0.3) is 51.0 Å². The third-order valence-corrected chi connectivity index (χ3v) is 5.89. The second-order valence-corrected chi connectivity index (χ2v) is 8.39. The molecule has 4 aromatic carbocycles. The molecule has 0 spiro atoms. The zero-order chi connectivity index (χ0) is 25.5. The lowest BCUT2D eigenvalue weighted by atomic mass is 9.98. The van der Waals surface area contributed by atoms with E-state index in [1.165, 1.54) is 0 Å². The molecule has 0 aliphatic rings. The molecular weight excluding hydrogens is 452 g/mol. The van der Waals surface area contributed by atoms with Gasteiger partial charge in [0.1, 0.15) is 0 Å². The number of aliphatic imine (C=N–C) groups is 1. The van der Waals surface area contributed by atoms with E-state index in [1.54, 1.807) is 12.3 Å². The van der Waals surface area contributed by atoms with Crippen molar-refractivity contribution in [2.24, 2.45) is 4.99 Å². The van der Waals surface area contributed by atoms with Gasteiger partial charge >= 0.3 is 0 Å². The van der Waals surface area contributed by atoms with Crippen molar-refractivity contribution in [3.63, 3.8) is 0 Å². The van der Waals surface area contributed by atoms with Crippen LogP contribution >= 0.6 is 0 Å². The third kappa shape index (κ3) is 5.49. The molecule has 1 aromatic heterocycles. The van der Waals surface area contributed by atoms with Crippen LogP contribution in [0.2, 0.25) is 0 Å². The fraction of sp³-hybridized carbons (Fsp3) is 0.0303. The van der Waals surface area contributed by atoms with Crippen LogP contribution in [0.4, 0.5) is 0 Å². The number of hydrogen-bond acceptors (Lipinski definition) is 4. The van der Waals surface area contributed by atoms with E-state index in [0.717, 1.165) is 39.1 Å². The maximum absolute atomic E-state index is 4.93. The van der Waals surface area contributed by atoms with E-state index >= 15 is 0 Å². The molecule has 0 fully saturated rings. The zero-order valence-electron chi connectivity index (χ0n) is 20.6. The predicted molar refractivity (Wildman–Crippen MR) is 154 cm³/mol. The molecule has 0 aliphatic carbocycles. The molecule has 0 bridgehead atoms. The maximum Gasteiger partial charge on any atom is 0.164 e. The van der Waals surface area contributed by atoms with Crippen LogP contribution in [-0.2, 0) is 0 Å². The summed E-state index contributed by atoms with van der Waals surface area (Å²) in [7, 11) is 0. The summed E-state index contributed by atoms with van der Waals surface area (Å²) in [6, 6.07) is 36.7. The average molecular weight is 479 g/mol. The summed E-state index contributed by atoms with van der Waals surface area (Å²) in [6.07, 6.45) is 5.37. The summed E-state index contributed by atoms with van der Waals surface area (Å²) in [5.74, 6) is 1.87. The minimum Gasteiger partial charge on any atom is -0.257 e. The fourth-order valence-corrected chi connectivity index (χ4v) is 4.09. The van der Waals surface area contributed by atoms with Crippen LogP contribution in [0.15, 0.2) is 133 Å². The van der Waals surface area contributed by atoms with Gasteiger partial charge in [0.05, 0.1) is 5.70 Å². The van der Waals surface area contributed by atoms with Crippen LogP contribution in [0.3, 0.4) is 0 Å². The molecule has 0 amide bonds. The average Bonchev–Trinajstić information content (AvgIpc) is 2.98. The molecule has 1 heterocycles.